The molecule has 0 bridgehead atoms. The second kappa shape index (κ2) is 4.67. The number of methoxy groups -OCH3 is 1. The maximum Gasteiger partial charge on any atom is 0.125 e. The minimum atomic E-state index is 0.281. The van der Waals surface area contributed by atoms with E-state index in [4.69, 9.17) is 9.47 Å². The molecule has 98 valence electrons. The van der Waals surface area contributed by atoms with Crippen LogP contribution in [0.25, 0.3) is 0 Å². The average molecular weight is 265 g/mol. The van der Waals surface area contributed by atoms with E-state index in [1.54, 1.807) is 7.11 Å². The van der Waals surface area contributed by atoms with Gasteiger partial charge in [0.05, 0.1) is 12.5 Å². The van der Waals surface area contributed by atoms with Crippen LogP contribution in [0.2, 0.25) is 0 Å². The van der Waals surface area contributed by atoms with Crippen molar-refractivity contribution in [3.8, 4) is 11.5 Å². The van der Waals surface area contributed by atoms with Gasteiger partial charge in [-0.25, -0.2) is 0 Å². The molecule has 1 N–H and O–H groups in total. The Kier molecular flexibility index (Phi) is 3.16. The Morgan fingerprint density at radius 2 is 2.22 bits per heavy atom. The molecular weight excluding hydrogens is 246 g/mol. The maximum absolute atomic E-state index is 5.84. The van der Waals surface area contributed by atoms with Crippen LogP contribution in [0.5, 0.6) is 11.5 Å². The van der Waals surface area contributed by atoms with Gasteiger partial charge in [-0.15, -0.1) is 11.8 Å². The number of benzene rings is 1. The molecule has 4 heteroatoms. The molecule has 1 aromatic rings. The van der Waals surface area contributed by atoms with E-state index in [1.807, 2.05) is 11.8 Å². The maximum atomic E-state index is 5.84. The van der Waals surface area contributed by atoms with E-state index in [0.29, 0.717) is 10.6 Å². The third kappa shape index (κ3) is 2.08. The molecule has 2 aliphatic rings. The van der Waals surface area contributed by atoms with Gasteiger partial charge in [-0.1, -0.05) is 6.92 Å². The number of fused-ring (bicyclic) bond motifs is 1. The smallest absolute Gasteiger partial charge is 0.125 e. The molecule has 2 heterocycles. The molecule has 0 aromatic heterocycles. The van der Waals surface area contributed by atoms with Gasteiger partial charge in [0.1, 0.15) is 17.6 Å². The van der Waals surface area contributed by atoms with Crippen molar-refractivity contribution in [2.75, 3.05) is 13.7 Å². The summed E-state index contributed by atoms with van der Waals surface area (Å²) < 4.78 is 11.4. The highest BCUT2D eigenvalue weighted by Crippen LogP contribution is 2.43. The van der Waals surface area contributed by atoms with Crippen molar-refractivity contribution < 1.29 is 9.47 Å². The first-order valence-corrected chi connectivity index (χ1v) is 7.38. The van der Waals surface area contributed by atoms with Crippen LogP contribution in [0.15, 0.2) is 12.1 Å². The Bertz CT molecular complexity index is 463. The second-order valence-corrected chi connectivity index (χ2v) is 6.62. The van der Waals surface area contributed by atoms with Gasteiger partial charge in [0, 0.05) is 29.3 Å². The number of thioether (sulfide) groups is 1. The van der Waals surface area contributed by atoms with Crippen molar-refractivity contribution in [1.29, 1.82) is 0 Å². The minimum absolute atomic E-state index is 0.281. The van der Waals surface area contributed by atoms with Crippen LogP contribution >= 0.6 is 11.8 Å². The van der Waals surface area contributed by atoms with E-state index in [9.17, 15) is 0 Å². The van der Waals surface area contributed by atoms with Crippen LogP contribution in [0, 0.1) is 0 Å². The highest BCUT2D eigenvalue weighted by molar-refractivity contribution is 8.00. The summed E-state index contributed by atoms with van der Waals surface area (Å²) in [5.41, 5.74) is 2.47. The summed E-state index contributed by atoms with van der Waals surface area (Å²) in [5, 5.41) is 4.49. The van der Waals surface area contributed by atoms with Gasteiger partial charge in [-0.2, -0.15) is 0 Å². The molecule has 0 spiro atoms. The molecule has 3 nitrogen and oxygen atoms in total. The van der Waals surface area contributed by atoms with Gasteiger partial charge < -0.3 is 14.8 Å². The third-order valence-corrected chi connectivity index (χ3v) is 4.81. The second-order valence-electron chi connectivity index (χ2n) is 5.07. The topological polar surface area (TPSA) is 30.5 Å². The van der Waals surface area contributed by atoms with E-state index < -0.39 is 0 Å². The Morgan fingerprint density at radius 3 is 2.89 bits per heavy atom. The van der Waals surface area contributed by atoms with Gasteiger partial charge in [0.2, 0.25) is 0 Å². The molecular formula is C14H19NO2S. The predicted molar refractivity (Wildman–Crippen MR) is 74.6 cm³/mol. The van der Waals surface area contributed by atoms with E-state index in [0.717, 1.165) is 24.5 Å². The van der Waals surface area contributed by atoms with Crippen molar-refractivity contribution in [2.45, 2.75) is 37.0 Å². The molecule has 2 aliphatic heterocycles. The zero-order chi connectivity index (χ0) is 12.7. The summed E-state index contributed by atoms with van der Waals surface area (Å²) >= 11 is 1.95. The first-order valence-electron chi connectivity index (χ1n) is 6.43. The van der Waals surface area contributed by atoms with Crippen molar-refractivity contribution in [3.05, 3.63) is 23.3 Å². The summed E-state index contributed by atoms with van der Waals surface area (Å²) in [6, 6.07) is 4.29. The fraction of sp³-hybridized carbons (Fsp3) is 0.571. The number of hydrogen-bond acceptors (Lipinski definition) is 4. The molecule has 3 atom stereocenters. The Morgan fingerprint density at radius 1 is 1.39 bits per heavy atom. The summed E-state index contributed by atoms with van der Waals surface area (Å²) in [4.78, 5) is 0. The van der Waals surface area contributed by atoms with Crippen LogP contribution in [0.4, 0.5) is 0 Å². The van der Waals surface area contributed by atoms with Gasteiger partial charge in [0.25, 0.3) is 0 Å². The molecule has 1 saturated heterocycles. The summed E-state index contributed by atoms with van der Waals surface area (Å²) in [6.07, 6.45) is 1.26. The lowest BCUT2D eigenvalue weighted by Gasteiger charge is -2.16. The van der Waals surface area contributed by atoms with Crippen LogP contribution in [0.1, 0.15) is 30.3 Å². The quantitative estimate of drug-likeness (QED) is 0.890. The number of ether oxygens (including phenoxy) is 2. The van der Waals surface area contributed by atoms with Gasteiger partial charge in [-0.3, -0.25) is 0 Å². The molecule has 0 saturated carbocycles. The Hall–Kier alpha value is -0.870. The number of rotatable bonds is 2. The first-order chi connectivity index (χ1) is 8.67. The van der Waals surface area contributed by atoms with E-state index in [2.05, 4.69) is 31.3 Å². The average Bonchev–Trinajstić information content (AvgIpc) is 2.91. The zero-order valence-corrected chi connectivity index (χ0v) is 11.8. The van der Waals surface area contributed by atoms with E-state index in [1.165, 1.54) is 11.1 Å². The van der Waals surface area contributed by atoms with E-state index >= 15 is 0 Å². The zero-order valence-electron chi connectivity index (χ0n) is 11.0. The summed E-state index contributed by atoms with van der Waals surface area (Å²) in [6.45, 7) is 5.40. The van der Waals surface area contributed by atoms with Gasteiger partial charge >= 0.3 is 0 Å². The molecule has 1 aromatic carbocycles. The van der Waals surface area contributed by atoms with Crippen LogP contribution in [-0.4, -0.2) is 25.0 Å². The summed E-state index contributed by atoms with van der Waals surface area (Å²) in [5.74, 6) is 2.01. The SMILES string of the molecule is COc1cc2c(cc1C1NCC(C)S1)OC(C)C2. The van der Waals surface area contributed by atoms with Crippen LogP contribution < -0.4 is 14.8 Å². The highest BCUT2D eigenvalue weighted by Gasteiger charge is 2.28. The first kappa shape index (κ1) is 12.2. The van der Waals surface area contributed by atoms with Gasteiger partial charge in [0.15, 0.2) is 0 Å². The Balaban J connectivity index is 1.96. The van der Waals surface area contributed by atoms with Crippen LogP contribution in [-0.2, 0) is 6.42 Å². The highest BCUT2D eigenvalue weighted by atomic mass is 32.2. The van der Waals surface area contributed by atoms with Crippen molar-refractivity contribution >= 4 is 11.8 Å². The van der Waals surface area contributed by atoms with Crippen molar-refractivity contribution in [1.82, 2.24) is 5.32 Å². The lowest BCUT2D eigenvalue weighted by molar-refractivity contribution is 0.254. The summed E-state index contributed by atoms with van der Waals surface area (Å²) in [7, 11) is 1.74. The number of nitrogens with one attached hydrogen (secondary N) is 1. The normalized spacial score (nSPS) is 30.1. The molecule has 3 unspecified atom stereocenters. The predicted octanol–water partition coefficient (Wildman–Crippen LogP) is 2.74. The van der Waals surface area contributed by atoms with Gasteiger partial charge in [-0.05, 0) is 19.1 Å². The standard InChI is InChI=1S/C14H19NO2S/c1-8-4-10-5-13(16-3)11(6-12(10)17-8)14-15-7-9(2)18-14/h5-6,8-9,14-15H,4,7H2,1-3H3. The molecule has 1 fully saturated rings. The molecule has 0 radical (unpaired) electrons. The molecule has 3 rings (SSSR count). The lowest BCUT2D eigenvalue weighted by atomic mass is 10.1. The Labute approximate surface area is 112 Å². The third-order valence-electron chi connectivity index (χ3n) is 3.49. The van der Waals surface area contributed by atoms with Crippen LogP contribution in [0.3, 0.4) is 0 Å². The van der Waals surface area contributed by atoms with E-state index in [-0.39, 0.29) is 6.10 Å². The lowest BCUT2D eigenvalue weighted by Crippen LogP contribution is -2.14. The fourth-order valence-corrected chi connectivity index (χ4v) is 3.80. The molecule has 0 amide bonds. The monoisotopic (exact) mass is 265 g/mol. The molecule has 18 heavy (non-hydrogen) atoms. The molecule has 0 aliphatic carbocycles. The van der Waals surface area contributed by atoms with Crippen molar-refractivity contribution in [2.24, 2.45) is 0 Å². The fourth-order valence-electron chi connectivity index (χ4n) is 2.62. The number of hydrogen-bond donors (Lipinski definition) is 1. The largest absolute Gasteiger partial charge is 0.496 e. The van der Waals surface area contributed by atoms with Crippen molar-refractivity contribution in [3.63, 3.8) is 0 Å². The minimum Gasteiger partial charge on any atom is -0.496 e.